The Labute approximate surface area is 275 Å². The predicted octanol–water partition coefficient (Wildman–Crippen LogP) is 11.1. The Hall–Kier alpha value is -3.11. The zero-order valence-electron chi connectivity index (χ0n) is 28.8. The maximum Gasteiger partial charge on any atom is 0.255 e. The van der Waals surface area contributed by atoms with Gasteiger partial charge in [-0.2, -0.15) is 0 Å². The normalized spacial score (nSPS) is 11.2. The van der Waals surface area contributed by atoms with Gasteiger partial charge < -0.3 is 15.0 Å². The Morgan fingerprint density at radius 3 is 1.71 bits per heavy atom. The SMILES string of the molecule is CCCCCCCCCCCCCCCCc1ccc(-c2ccc(NC(=O)c3ccc(OC)c(CCCN(C)C)c3)cc2)cc1. The van der Waals surface area contributed by atoms with Crippen LogP contribution in [0.4, 0.5) is 5.69 Å². The van der Waals surface area contributed by atoms with E-state index in [0.29, 0.717) is 5.56 Å². The molecule has 3 aromatic carbocycles. The summed E-state index contributed by atoms with van der Waals surface area (Å²) in [5.41, 5.74) is 6.29. The van der Waals surface area contributed by atoms with Gasteiger partial charge in [0, 0.05) is 11.3 Å². The second-order valence-corrected chi connectivity index (χ2v) is 13.0. The molecule has 3 aromatic rings. The highest BCUT2D eigenvalue weighted by molar-refractivity contribution is 6.04. The predicted molar refractivity (Wildman–Crippen MR) is 194 cm³/mol. The molecule has 0 radical (unpaired) electrons. The highest BCUT2D eigenvalue weighted by atomic mass is 16.5. The van der Waals surface area contributed by atoms with Gasteiger partial charge in [0.1, 0.15) is 5.75 Å². The molecule has 0 aliphatic heterocycles. The monoisotopic (exact) mass is 612 g/mol. The summed E-state index contributed by atoms with van der Waals surface area (Å²) in [6.45, 7) is 3.28. The molecular formula is C41H60N2O2. The van der Waals surface area contributed by atoms with Gasteiger partial charge in [0.05, 0.1) is 7.11 Å². The molecule has 3 rings (SSSR count). The summed E-state index contributed by atoms with van der Waals surface area (Å²) in [5.74, 6) is 0.729. The standard InChI is InChI=1S/C41H60N2O2/c1-5-6-7-8-9-10-11-12-13-14-15-16-17-18-20-34-22-24-35(25-23-34)36-26-29-39(30-27-36)42-41(44)38-28-31-40(45-4)37(33-38)21-19-32-43(2)3/h22-31,33H,5-21,32H2,1-4H3,(H,42,44). The molecule has 246 valence electrons. The number of carbonyl (C=O) groups is 1. The largest absolute Gasteiger partial charge is 0.496 e. The number of hydrogen-bond donors (Lipinski definition) is 1. The van der Waals surface area contributed by atoms with Crippen LogP contribution in [0, 0.1) is 0 Å². The smallest absolute Gasteiger partial charge is 0.255 e. The van der Waals surface area contributed by atoms with Crippen molar-refractivity contribution in [3.05, 3.63) is 83.4 Å². The number of nitrogens with zero attached hydrogens (tertiary/aromatic N) is 1. The Morgan fingerprint density at radius 1 is 0.644 bits per heavy atom. The van der Waals surface area contributed by atoms with E-state index in [4.69, 9.17) is 4.74 Å². The van der Waals surface area contributed by atoms with Crippen LogP contribution >= 0.6 is 0 Å². The molecule has 45 heavy (non-hydrogen) atoms. The second kappa shape index (κ2) is 21.6. The van der Waals surface area contributed by atoms with Gasteiger partial charge in [0.2, 0.25) is 0 Å². The molecule has 0 bridgehead atoms. The van der Waals surface area contributed by atoms with Crippen molar-refractivity contribution in [2.45, 2.75) is 116 Å². The van der Waals surface area contributed by atoms with Crippen LogP contribution in [0.1, 0.15) is 125 Å². The summed E-state index contributed by atoms with van der Waals surface area (Å²) >= 11 is 0. The second-order valence-electron chi connectivity index (χ2n) is 13.0. The van der Waals surface area contributed by atoms with Crippen molar-refractivity contribution < 1.29 is 9.53 Å². The van der Waals surface area contributed by atoms with Crippen LogP contribution in [-0.2, 0) is 12.8 Å². The molecule has 1 N–H and O–H groups in total. The summed E-state index contributed by atoms with van der Waals surface area (Å²) in [6, 6.07) is 22.8. The minimum atomic E-state index is -0.105. The first-order chi connectivity index (χ1) is 22.0. The highest BCUT2D eigenvalue weighted by Crippen LogP contribution is 2.25. The van der Waals surface area contributed by atoms with E-state index in [1.54, 1.807) is 7.11 Å². The number of hydrogen-bond acceptors (Lipinski definition) is 3. The van der Waals surface area contributed by atoms with Crippen LogP contribution in [0.25, 0.3) is 11.1 Å². The number of nitrogens with one attached hydrogen (secondary N) is 1. The van der Waals surface area contributed by atoms with Crippen LogP contribution in [0.3, 0.4) is 0 Å². The first kappa shape index (κ1) is 36.4. The number of unbranched alkanes of at least 4 members (excludes halogenated alkanes) is 13. The molecule has 0 saturated carbocycles. The van der Waals surface area contributed by atoms with Crippen molar-refractivity contribution in [1.29, 1.82) is 0 Å². The third-order valence-corrected chi connectivity index (χ3v) is 8.84. The van der Waals surface area contributed by atoms with Crippen molar-refractivity contribution >= 4 is 11.6 Å². The molecule has 4 nitrogen and oxygen atoms in total. The van der Waals surface area contributed by atoms with Crippen molar-refractivity contribution in [1.82, 2.24) is 4.90 Å². The first-order valence-corrected chi connectivity index (χ1v) is 17.8. The molecular weight excluding hydrogens is 552 g/mol. The third-order valence-electron chi connectivity index (χ3n) is 8.84. The molecule has 1 amide bonds. The molecule has 0 aliphatic rings. The Morgan fingerprint density at radius 2 is 1.18 bits per heavy atom. The number of ether oxygens (including phenoxy) is 1. The van der Waals surface area contributed by atoms with Crippen molar-refractivity contribution in [2.75, 3.05) is 33.1 Å². The number of carbonyl (C=O) groups excluding carboxylic acids is 1. The van der Waals surface area contributed by atoms with Crippen LogP contribution in [0.5, 0.6) is 5.75 Å². The van der Waals surface area contributed by atoms with E-state index >= 15 is 0 Å². The molecule has 0 spiro atoms. The lowest BCUT2D eigenvalue weighted by Crippen LogP contribution is -2.14. The summed E-state index contributed by atoms with van der Waals surface area (Å²) < 4.78 is 5.53. The van der Waals surface area contributed by atoms with Crippen LogP contribution < -0.4 is 10.1 Å². The van der Waals surface area contributed by atoms with Gasteiger partial charge in [0.15, 0.2) is 0 Å². The molecule has 0 saturated heterocycles. The molecule has 4 heteroatoms. The van der Waals surface area contributed by atoms with Gasteiger partial charge in [-0.1, -0.05) is 127 Å². The summed E-state index contributed by atoms with van der Waals surface area (Å²) in [4.78, 5) is 15.2. The highest BCUT2D eigenvalue weighted by Gasteiger charge is 2.11. The lowest BCUT2D eigenvalue weighted by Gasteiger charge is -2.13. The fraction of sp³-hybridized carbons (Fsp3) is 0.537. The van der Waals surface area contributed by atoms with Crippen molar-refractivity contribution in [3.8, 4) is 16.9 Å². The topological polar surface area (TPSA) is 41.6 Å². The number of amides is 1. The Balaban J connectivity index is 1.34. The van der Waals surface area contributed by atoms with Crippen molar-refractivity contribution in [3.63, 3.8) is 0 Å². The average Bonchev–Trinajstić information content (AvgIpc) is 3.05. The van der Waals surface area contributed by atoms with Gasteiger partial charge in [-0.05, 0) is 98.9 Å². The number of aryl methyl sites for hydroxylation is 2. The molecule has 0 atom stereocenters. The van der Waals surface area contributed by atoms with E-state index < -0.39 is 0 Å². The van der Waals surface area contributed by atoms with E-state index in [9.17, 15) is 4.79 Å². The molecule has 0 fully saturated rings. The Bertz CT molecular complexity index is 1220. The fourth-order valence-electron chi connectivity index (χ4n) is 6.04. The van der Waals surface area contributed by atoms with E-state index in [1.807, 2.05) is 30.3 Å². The van der Waals surface area contributed by atoms with E-state index in [2.05, 4.69) is 67.6 Å². The molecule has 0 unspecified atom stereocenters. The molecule has 0 aliphatic carbocycles. The first-order valence-electron chi connectivity index (χ1n) is 17.8. The fourth-order valence-corrected chi connectivity index (χ4v) is 6.04. The maximum atomic E-state index is 13.0. The zero-order valence-corrected chi connectivity index (χ0v) is 28.8. The van der Waals surface area contributed by atoms with Crippen LogP contribution in [0.15, 0.2) is 66.7 Å². The van der Waals surface area contributed by atoms with E-state index in [0.717, 1.165) is 48.4 Å². The van der Waals surface area contributed by atoms with Crippen LogP contribution in [0.2, 0.25) is 0 Å². The van der Waals surface area contributed by atoms with Crippen molar-refractivity contribution in [2.24, 2.45) is 0 Å². The van der Waals surface area contributed by atoms with Gasteiger partial charge >= 0.3 is 0 Å². The third kappa shape index (κ3) is 14.2. The minimum Gasteiger partial charge on any atom is -0.496 e. The minimum absolute atomic E-state index is 0.105. The van der Waals surface area contributed by atoms with E-state index in [1.165, 1.54) is 101 Å². The number of methoxy groups -OCH3 is 1. The van der Waals surface area contributed by atoms with Gasteiger partial charge in [0.25, 0.3) is 5.91 Å². The van der Waals surface area contributed by atoms with Gasteiger partial charge in [-0.3, -0.25) is 4.79 Å². The van der Waals surface area contributed by atoms with Crippen LogP contribution in [-0.4, -0.2) is 38.6 Å². The quantitative estimate of drug-likeness (QED) is 0.108. The summed E-state index contributed by atoms with van der Waals surface area (Å²) in [5, 5.41) is 3.06. The van der Waals surface area contributed by atoms with Gasteiger partial charge in [-0.25, -0.2) is 0 Å². The number of anilines is 1. The summed E-state index contributed by atoms with van der Waals surface area (Å²) in [7, 11) is 5.83. The average molecular weight is 613 g/mol. The Kier molecular flexibility index (Phi) is 17.4. The van der Waals surface area contributed by atoms with Gasteiger partial charge in [-0.15, -0.1) is 0 Å². The van der Waals surface area contributed by atoms with E-state index in [-0.39, 0.29) is 5.91 Å². The molecule has 0 heterocycles. The summed E-state index contributed by atoms with van der Waals surface area (Å²) in [6.07, 6.45) is 22.6. The zero-order chi connectivity index (χ0) is 32.1. The number of benzene rings is 3. The number of rotatable bonds is 23. The lowest BCUT2D eigenvalue weighted by molar-refractivity contribution is 0.102. The maximum absolute atomic E-state index is 13.0. The molecule has 0 aromatic heterocycles. The lowest BCUT2D eigenvalue weighted by atomic mass is 10.00.